The first-order valence-electron chi connectivity index (χ1n) is 16.9. The van der Waals surface area contributed by atoms with Crippen LogP contribution in [0.1, 0.15) is 48.8 Å². The van der Waals surface area contributed by atoms with Gasteiger partial charge in [0.05, 0.1) is 23.0 Å². The van der Waals surface area contributed by atoms with E-state index in [1.54, 1.807) is 0 Å². The van der Waals surface area contributed by atoms with Gasteiger partial charge in [-0.25, -0.2) is 9.97 Å². The summed E-state index contributed by atoms with van der Waals surface area (Å²) in [6.07, 6.45) is 5.97. The van der Waals surface area contributed by atoms with Crippen LogP contribution in [0.2, 0.25) is 0 Å². The van der Waals surface area contributed by atoms with Crippen LogP contribution in [0.25, 0.3) is 66.9 Å². The minimum atomic E-state index is -0.0185. The SMILES string of the molecule is N#Cc1ccc2c(c1)C1(CCCCC1)c1cc(-c3cccc(-c4cc(-c5ccccc5)nc(-c5ccc6ccccc6c5)n4)c3)ccc1-2. The highest BCUT2D eigenvalue weighted by Gasteiger charge is 2.44. The molecular weight excluding hydrogens is 583 g/mol. The summed E-state index contributed by atoms with van der Waals surface area (Å²) in [6, 6.07) is 51.8. The maximum atomic E-state index is 9.73. The number of aromatic nitrogens is 2. The summed E-state index contributed by atoms with van der Waals surface area (Å²) >= 11 is 0. The van der Waals surface area contributed by atoms with Gasteiger partial charge in [0, 0.05) is 22.1 Å². The zero-order valence-electron chi connectivity index (χ0n) is 26.7. The van der Waals surface area contributed by atoms with Crippen LogP contribution in [0.15, 0.2) is 140 Å². The van der Waals surface area contributed by atoms with Gasteiger partial charge in [-0.2, -0.15) is 5.26 Å². The van der Waals surface area contributed by atoms with Crippen LogP contribution in [0.4, 0.5) is 0 Å². The summed E-state index contributed by atoms with van der Waals surface area (Å²) in [5.41, 5.74) is 13.4. The third-order valence-electron chi connectivity index (χ3n) is 10.5. The number of fused-ring (bicyclic) bond motifs is 6. The Morgan fingerprint density at radius 3 is 1.94 bits per heavy atom. The molecule has 0 bridgehead atoms. The molecule has 2 aliphatic carbocycles. The van der Waals surface area contributed by atoms with Crippen molar-refractivity contribution in [3.8, 4) is 62.2 Å². The van der Waals surface area contributed by atoms with Crippen molar-refractivity contribution in [2.75, 3.05) is 0 Å². The summed E-state index contributed by atoms with van der Waals surface area (Å²) in [5, 5.41) is 12.1. The summed E-state index contributed by atoms with van der Waals surface area (Å²) in [5.74, 6) is 0.716. The van der Waals surface area contributed by atoms with Crippen LogP contribution in [0.3, 0.4) is 0 Å². The van der Waals surface area contributed by atoms with E-state index in [0.717, 1.165) is 46.5 Å². The molecule has 0 atom stereocenters. The number of nitriles is 1. The van der Waals surface area contributed by atoms with Gasteiger partial charge in [-0.1, -0.05) is 122 Å². The van der Waals surface area contributed by atoms with E-state index < -0.39 is 0 Å². The van der Waals surface area contributed by atoms with E-state index in [0.29, 0.717) is 5.82 Å². The Kier molecular flexibility index (Phi) is 6.76. The molecule has 0 N–H and O–H groups in total. The molecule has 48 heavy (non-hydrogen) atoms. The van der Waals surface area contributed by atoms with Crippen LogP contribution in [0, 0.1) is 11.3 Å². The van der Waals surface area contributed by atoms with Crippen LogP contribution >= 0.6 is 0 Å². The topological polar surface area (TPSA) is 49.6 Å². The number of nitrogens with zero attached hydrogens (tertiary/aromatic N) is 3. The van der Waals surface area contributed by atoms with Crippen molar-refractivity contribution in [1.82, 2.24) is 9.97 Å². The van der Waals surface area contributed by atoms with Crippen molar-refractivity contribution in [3.05, 3.63) is 156 Å². The van der Waals surface area contributed by atoms with Gasteiger partial charge in [-0.05, 0) is 93.4 Å². The molecule has 228 valence electrons. The largest absolute Gasteiger partial charge is 0.228 e. The fourth-order valence-electron chi connectivity index (χ4n) is 8.11. The van der Waals surface area contributed by atoms with E-state index in [1.165, 1.54) is 63.4 Å². The predicted octanol–water partition coefficient (Wildman–Crippen LogP) is 11.4. The molecule has 2 aliphatic rings. The smallest absolute Gasteiger partial charge is 0.160 e. The number of hydrogen-bond donors (Lipinski definition) is 0. The maximum Gasteiger partial charge on any atom is 0.160 e. The van der Waals surface area contributed by atoms with Crippen LogP contribution < -0.4 is 0 Å². The fraction of sp³-hybridized carbons (Fsp3) is 0.133. The summed E-state index contributed by atoms with van der Waals surface area (Å²) in [7, 11) is 0. The average molecular weight is 616 g/mol. The Bertz CT molecular complexity index is 2390. The number of hydrogen-bond acceptors (Lipinski definition) is 3. The van der Waals surface area contributed by atoms with Gasteiger partial charge in [0.15, 0.2) is 5.82 Å². The normalized spacial score (nSPS) is 14.4. The van der Waals surface area contributed by atoms with Gasteiger partial charge in [-0.3, -0.25) is 0 Å². The number of rotatable bonds is 4. The Morgan fingerprint density at radius 2 is 1.12 bits per heavy atom. The molecular formula is C45H33N3. The van der Waals surface area contributed by atoms with Gasteiger partial charge in [-0.15, -0.1) is 0 Å². The molecule has 3 heteroatoms. The molecule has 0 aliphatic heterocycles. The minimum Gasteiger partial charge on any atom is -0.228 e. The molecule has 1 heterocycles. The van der Waals surface area contributed by atoms with Crippen molar-refractivity contribution >= 4 is 10.8 Å². The Balaban J connectivity index is 1.16. The van der Waals surface area contributed by atoms with Crippen molar-refractivity contribution in [1.29, 1.82) is 5.26 Å². The van der Waals surface area contributed by atoms with Crippen LogP contribution in [-0.4, -0.2) is 9.97 Å². The van der Waals surface area contributed by atoms with E-state index in [2.05, 4.69) is 133 Å². The van der Waals surface area contributed by atoms with E-state index in [1.807, 2.05) is 12.1 Å². The third kappa shape index (κ3) is 4.72. The molecule has 1 spiro atoms. The second-order valence-corrected chi connectivity index (χ2v) is 13.2. The van der Waals surface area contributed by atoms with Crippen molar-refractivity contribution in [2.45, 2.75) is 37.5 Å². The zero-order valence-corrected chi connectivity index (χ0v) is 26.7. The van der Waals surface area contributed by atoms with Gasteiger partial charge < -0.3 is 0 Å². The van der Waals surface area contributed by atoms with Crippen LogP contribution in [0.5, 0.6) is 0 Å². The minimum absolute atomic E-state index is 0.0185. The van der Waals surface area contributed by atoms with Gasteiger partial charge in [0.25, 0.3) is 0 Å². The first kappa shape index (κ1) is 28.4. The molecule has 1 saturated carbocycles. The molecule has 3 nitrogen and oxygen atoms in total. The first-order valence-corrected chi connectivity index (χ1v) is 16.9. The summed E-state index contributed by atoms with van der Waals surface area (Å²) in [6.45, 7) is 0. The molecule has 0 radical (unpaired) electrons. The molecule has 0 saturated heterocycles. The lowest BCUT2D eigenvalue weighted by molar-refractivity contribution is 0.353. The van der Waals surface area contributed by atoms with Crippen molar-refractivity contribution in [3.63, 3.8) is 0 Å². The predicted molar refractivity (Wildman–Crippen MR) is 195 cm³/mol. The lowest BCUT2D eigenvalue weighted by Gasteiger charge is -2.36. The fourth-order valence-corrected chi connectivity index (χ4v) is 8.11. The Hall–Kier alpha value is -5.85. The molecule has 0 unspecified atom stereocenters. The molecule has 0 amide bonds. The molecule has 7 aromatic rings. The highest BCUT2D eigenvalue weighted by Crippen LogP contribution is 2.56. The van der Waals surface area contributed by atoms with Crippen LogP contribution in [-0.2, 0) is 5.41 Å². The van der Waals surface area contributed by atoms with Gasteiger partial charge in [0.1, 0.15) is 0 Å². The van der Waals surface area contributed by atoms with Crippen molar-refractivity contribution in [2.24, 2.45) is 0 Å². The third-order valence-corrected chi connectivity index (χ3v) is 10.5. The average Bonchev–Trinajstić information content (AvgIpc) is 3.42. The second-order valence-electron chi connectivity index (χ2n) is 13.2. The Labute approximate surface area is 281 Å². The van der Waals surface area contributed by atoms with E-state index in [-0.39, 0.29) is 5.41 Å². The van der Waals surface area contributed by atoms with E-state index in [9.17, 15) is 5.26 Å². The lowest BCUT2D eigenvalue weighted by Crippen LogP contribution is -2.28. The molecule has 6 aromatic carbocycles. The highest BCUT2D eigenvalue weighted by atomic mass is 14.9. The molecule has 1 aromatic heterocycles. The van der Waals surface area contributed by atoms with E-state index in [4.69, 9.17) is 9.97 Å². The first-order chi connectivity index (χ1) is 23.7. The highest BCUT2D eigenvalue weighted by molar-refractivity contribution is 5.88. The zero-order chi connectivity index (χ0) is 32.1. The summed E-state index contributed by atoms with van der Waals surface area (Å²) < 4.78 is 0. The quantitative estimate of drug-likeness (QED) is 0.198. The summed E-state index contributed by atoms with van der Waals surface area (Å²) in [4.78, 5) is 10.2. The maximum absolute atomic E-state index is 9.73. The molecule has 1 fully saturated rings. The van der Waals surface area contributed by atoms with Gasteiger partial charge >= 0.3 is 0 Å². The van der Waals surface area contributed by atoms with Crippen molar-refractivity contribution < 1.29 is 0 Å². The van der Waals surface area contributed by atoms with E-state index >= 15 is 0 Å². The monoisotopic (exact) mass is 615 g/mol. The Morgan fingerprint density at radius 1 is 0.479 bits per heavy atom. The lowest BCUT2D eigenvalue weighted by atomic mass is 9.67. The van der Waals surface area contributed by atoms with Gasteiger partial charge in [0.2, 0.25) is 0 Å². The molecule has 9 rings (SSSR count). The standard InChI is InChI=1S/C45H33N3/c46-29-30-16-20-38-39-21-19-35(27-41(39)45(40(38)24-30)22-7-2-8-23-45)34-14-9-15-36(25-34)43-28-42(32-11-3-1-4-12-32)47-44(48-43)37-18-17-31-10-5-6-13-33(31)26-37/h1,3-6,9-21,24-28H,2,7-8,22-23H2. The second kappa shape index (κ2) is 11.4. The number of benzene rings is 6.